The number of hydrogen-bond acceptors (Lipinski definition) is 3. The number of carbonyl (C=O) groups is 1. The number of hydrogen-bond donors (Lipinski definition) is 1. The SMILES string of the molecule is CC1(C)Cc2ccc(OC(F)F)cc2/C(=C/C(=O)c2ccccc2)N1. The molecule has 2 aromatic rings. The highest BCUT2D eigenvalue weighted by atomic mass is 19.3. The van der Waals surface area contributed by atoms with Crippen molar-refractivity contribution in [1.82, 2.24) is 5.32 Å². The topological polar surface area (TPSA) is 38.3 Å². The second-order valence-electron chi connectivity index (χ2n) is 6.67. The van der Waals surface area contributed by atoms with E-state index >= 15 is 0 Å². The van der Waals surface area contributed by atoms with Crippen LogP contribution in [-0.2, 0) is 6.42 Å². The second-order valence-corrected chi connectivity index (χ2v) is 6.67. The molecule has 0 atom stereocenters. The van der Waals surface area contributed by atoms with Gasteiger partial charge in [-0.3, -0.25) is 4.79 Å². The fourth-order valence-electron chi connectivity index (χ4n) is 3.02. The van der Waals surface area contributed by atoms with Crippen molar-refractivity contribution in [3.05, 3.63) is 71.3 Å². The Labute approximate surface area is 145 Å². The highest BCUT2D eigenvalue weighted by molar-refractivity contribution is 6.08. The fourth-order valence-corrected chi connectivity index (χ4v) is 3.02. The zero-order chi connectivity index (χ0) is 18.0. The first kappa shape index (κ1) is 17.1. The lowest BCUT2D eigenvalue weighted by Crippen LogP contribution is -2.43. The highest BCUT2D eigenvalue weighted by Gasteiger charge is 2.28. The van der Waals surface area contributed by atoms with Gasteiger partial charge in [-0.1, -0.05) is 36.4 Å². The maximum absolute atomic E-state index is 12.5. The van der Waals surface area contributed by atoms with Gasteiger partial charge in [0.25, 0.3) is 0 Å². The third-order valence-corrected chi connectivity index (χ3v) is 4.04. The number of nitrogens with one attached hydrogen (secondary N) is 1. The van der Waals surface area contributed by atoms with Crippen LogP contribution >= 0.6 is 0 Å². The molecule has 0 fully saturated rings. The van der Waals surface area contributed by atoms with Crippen LogP contribution in [0.4, 0.5) is 8.78 Å². The maximum atomic E-state index is 12.5. The van der Waals surface area contributed by atoms with Crippen molar-refractivity contribution in [1.29, 1.82) is 0 Å². The number of alkyl halides is 2. The van der Waals surface area contributed by atoms with Gasteiger partial charge in [0, 0.05) is 28.4 Å². The van der Waals surface area contributed by atoms with Crippen molar-refractivity contribution in [2.24, 2.45) is 0 Å². The summed E-state index contributed by atoms with van der Waals surface area (Å²) < 4.78 is 29.5. The molecule has 1 N–H and O–H groups in total. The number of halogens is 2. The lowest BCUT2D eigenvalue weighted by molar-refractivity contribution is -0.0498. The van der Waals surface area contributed by atoms with E-state index < -0.39 is 6.61 Å². The number of allylic oxidation sites excluding steroid dienone is 1. The van der Waals surface area contributed by atoms with Gasteiger partial charge in [-0.25, -0.2) is 0 Å². The fraction of sp³-hybridized carbons (Fsp3) is 0.250. The Balaban J connectivity index is 2.01. The van der Waals surface area contributed by atoms with Crippen LogP contribution in [0.1, 0.15) is 35.3 Å². The molecule has 0 saturated heterocycles. The molecule has 0 saturated carbocycles. The Hall–Kier alpha value is -2.69. The average molecular weight is 343 g/mol. The minimum absolute atomic E-state index is 0.0771. The van der Waals surface area contributed by atoms with Gasteiger partial charge in [0.2, 0.25) is 0 Å². The molecule has 130 valence electrons. The van der Waals surface area contributed by atoms with E-state index in [2.05, 4.69) is 10.1 Å². The molecule has 3 nitrogen and oxygen atoms in total. The molecule has 1 heterocycles. The van der Waals surface area contributed by atoms with Crippen molar-refractivity contribution in [2.75, 3.05) is 0 Å². The minimum atomic E-state index is -2.88. The summed E-state index contributed by atoms with van der Waals surface area (Å²) in [5, 5.41) is 3.33. The smallest absolute Gasteiger partial charge is 0.387 e. The highest BCUT2D eigenvalue weighted by Crippen LogP contribution is 2.33. The van der Waals surface area contributed by atoms with E-state index in [9.17, 15) is 13.6 Å². The van der Waals surface area contributed by atoms with Crippen LogP contribution in [0, 0.1) is 0 Å². The van der Waals surface area contributed by atoms with E-state index in [1.165, 1.54) is 12.1 Å². The van der Waals surface area contributed by atoms with Gasteiger partial charge in [-0.15, -0.1) is 0 Å². The van der Waals surface area contributed by atoms with E-state index in [-0.39, 0.29) is 17.1 Å². The molecule has 5 heteroatoms. The number of ketones is 1. The van der Waals surface area contributed by atoms with E-state index in [0.29, 0.717) is 23.2 Å². The lowest BCUT2D eigenvalue weighted by atomic mass is 9.85. The Morgan fingerprint density at radius 3 is 2.60 bits per heavy atom. The zero-order valence-corrected chi connectivity index (χ0v) is 14.1. The van der Waals surface area contributed by atoms with Crippen LogP contribution in [0.15, 0.2) is 54.6 Å². The summed E-state index contributed by atoms with van der Waals surface area (Å²) in [5.41, 5.74) is 2.63. The zero-order valence-electron chi connectivity index (χ0n) is 14.1. The van der Waals surface area contributed by atoms with Gasteiger partial charge < -0.3 is 10.1 Å². The summed E-state index contributed by atoms with van der Waals surface area (Å²) in [5.74, 6) is -0.0692. The summed E-state index contributed by atoms with van der Waals surface area (Å²) in [4.78, 5) is 12.5. The molecular formula is C20H19F2NO2. The molecule has 1 aliphatic heterocycles. The molecule has 0 amide bonds. The molecule has 3 rings (SSSR count). The molecular weight excluding hydrogens is 324 g/mol. The monoisotopic (exact) mass is 343 g/mol. The number of fused-ring (bicyclic) bond motifs is 1. The van der Waals surface area contributed by atoms with Gasteiger partial charge in [-0.05, 0) is 38.0 Å². The number of benzene rings is 2. The molecule has 25 heavy (non-hydrogen) atoms. The number of ether oxygens (including phenoxy) is 1. The van der Waals surface area contributed by atoms with E-state index in [4.69, 9.17) is 0 Å². The van der Waals surface area contributed by atoms with Crippen molar-refractivity contribution < 1.29 is 18.3 Å². The predicted octanol–water partition coefficient (Wildman–Crippen LogP) is 4.44. The van der Waals surface area contributed by atoms with Gasteiger partial charge >= 0.3 is 6.61 Å². The first-order valence-electron chi connectivity index (χ1n) is 8.01. The molecule has 0 aliphatic carbocycles. The van der Waals surface area contributed by atoms with Crippen LogP contribution in [0.25, 0.3) is 5.70 Å². The molecule has 0 radical (unpaired) electrons. The molecule has 1 aliphatic rings. The predicted molar refractivity (Wildman–Crippen MR) is 92.7 cm³/mol. The molecule has 2 aromatic carbocycles. The summed E-state index contributed by atoms with van der Waals surface area (Å²) in [7, 11) is 0. The van der Waals surface area contributed by atoms with Crippen molar-refractivity contribution in [3.8, 4) is 5.75 Å². The third kappa shape index (κ3) is 4.05. The number of rotatable bonds is 4. The second kappa shape index (κ2) is 6.67. The van der Waals surface area contributed by atoms with E-state index in [0.717, 1.165) is 5.56 Å². The Bertz CT molecular complexity index is 814. The van der Waals surface area contributed by atoms with Crippen LogP contribution in [0.5, 0.6) is 5.75 Å². The third-order valence-electron chi connectivity index (χ3n) is 4.04. The van der Waals surface area contributed by atoms with Gasteiger partial charge in [0.15, 0.2) is 5.78 Å². The summed E-state index contributed by atoms with van der Waals surface area (Å²) in [6.07, 6.45) is 2.23. The average Bonchev–Trinajstić information content (AvgIpc) is 2.55. The Kier molecular flexibility index (Phi) is 4.57. The van der Waals surface area contributed by atoms with E-state index in [1.807, 2.05) is 19.9 Å². The van der Waals surface area contributed by atoms with Crippen LogP contribution in [0.2, 0.25) is 0 Å². The van der Waals surface area contributed by atoms with Crippen LogP contribution < -0.4 is 10.1 Å². The van der Waals surface area contributed by atoms with Crippen LogP contribution in [-0.4, -0.2) is 17.9 Å². The Morgan fingerprint density at radius 2 is 1.92 bits per heavy atom. The van der Waals surface area contributed by atoms with Crippen molar-refractivity contribution in [3.63, 3.8) is 0 Å². The summed E-state index contributed by atoms with van der Waals surface area (Å²) in [6, 6.07) is 13.8. The summed E-state index contributed by atoms with van der Waals surface area (Å²) >= 11 is 0. The standard InChI is InChI=1S/C20H19F2NO2/c1-20(2)12-14-8-9-15(25-19(21)22)10-16(14)17(23-20)11-18(24)13-6-4-3-5-7-13/h3-11,19,23H,12H2,1-2H3/b17-11-. The molecule has 0 bridgehead atoms. The maximum Gasteiger partial charge on any atom is 0.387 e. The first-order valence-corrected chi connectivity index (χ1v) is 8.01. The molecule has 0 aromatic heterocycles. The first-order chi connectivity index (χ1) is 11.8. The minimum Gasteiger partial charge on any atom is -0.435 e. The quantitative estimate of drug-likeness (QED) is 0.659. The molecule has 0 unspecified atom stereocenters. The number of carbonyl (C=O) groups excluding carboxylic acids is 1. The lowest BCUT2D eigenvalue weighted by Gasteiger charge is -2.35. The van der Waals surface area contributed by atoms with E-state index in [1.54, 1.807) is 36.4 Å². The van der Waals surface area contributed by atoms with Crippen molar-refractivity contribution in [2.45, 2.75) is 32.4 Å². The summed E-state index contributed by atoms with van der Waals surface area (Å²) in [6.45, 7) is 1.17. The van der Waals surface area contributed by atoms with Gasteiger partial charge in [0.05, 0.1) is 0 Å². The Morgan fingerprint density at radius 1 is 1.20 bits per heavy atom. The van der Waals surface area contributed by atoms with Crippen LogP contribution in [0.3, 0.4) is 0 Å². The molecule has 0 spiro atoms. The normalized spacial score (nSPS) is 17.1. The van der Waals surface area contributed by atoms with Gasteiger partial charge in [0.1, 0.15) is 5.75 Å². The van der Waals surface area contributed by atoms with Gasteiger partial charge in [-0.2, -0.15) is 8.78 Å². The largest absolute Gasteiger partial charge is 0.435 e. The van der Waals surface area contributed by atoms with Crippen molar-refractivity contribution >= 4 is 11.5 Å².